The Kier molecular flexibility index (Phi) is 3.82. The van der Waals surface area contributed by atoms with Crippen molar-refractivity contribution in [3.63, 3.8) is 0 Å². The Labute approximate surface area is 143 Å². The molecule has 128 valence electrons. The van der Waals surface area contributed by atoms with Gasteiger partial charge in [0.15, 0.2) is 0 Å². The monoisotopic (exact) mass is 344 g/mol. The van der Waals surface area contributed by atoms with Gasteiger partial charge in [-0.25, -0.2) is 4.57 Å². The van der Waals surface area contributed by atoms with E-state index in [1.165, 1.54) is 17.7 Å². The summed E-state index contributed by atoms with van der Waals surface area (Å²) < 4.78 is 41.9. The summed E-state index contributed by atoms with van der Waals surface area (Å²) >= 11 is 0. The number of rotatable bonds is 3. The summed E-state index contributed by atoms with van der Waals surface area (Å²) in [5.41, 5.74) is 1.26. The van der Waals surface area contributed by atoms with E-state index in [1.807, 2.05) is 24.5 Å². The van der Waals surface area contributed by atoms with Gasteiger partial charge >= 0.3 is 6.18 Å². The molecule has 3 nitrogen and oxygen atoms in total. The molecular weight excluding hydrogens is 327 g/mol. The van der Waals surface area contributed by atoms with Crippen molar-refractivity contribution in [3.8, 4) is 5.69 Å². The molecule has 1 aliphatic heterocycles. The van der Waals surface area contributed by atoms with Crippen LogP contribution < -0.4 is 4.57 Å². The van der Waals surface area contributed by atoms with Crippen LogP contribution in [-0.2, 0) is 19.0 Å². The standard InChI is InChI=1S/C19H17F3N3/c20-19(21,22)15-6-8-16(9-7-15)25-13-24-17(10-11-18(24)23-25)12-14-4-2-1-3-5-14/h1-9,13,17H,10-12H2/q+1/t17-/m1/s1. The summed E-state index contributed by atoms with van der Waals surface area (Å²) in [5, 5.41) is 4.54. The van der Waals surface area contributed by atoms with E-state index in [9.17, 15) is 13.2 Å². The molecule has 1 aromatic heterocycles. The number of nitrogens with zero attached hydrogens (tertiary/aromatic N) is 3. The molecule has 0 unspecified atom stereocenters. The minimum Gasteiger partial charge on any atom is -0.231 e. The zero-order valence-electron chi connectivity index (χ0n) is 13.4. The number of aromatic nitrogens is 3. The smallest absolute Gasteiger partial charge is 0.231 e. The van der Waals surface area contributed by atoms with Gasteiger partial charge in [0.25, 0.3) is 5.82 Å². The van der Waals surface area contributed by atoms with E-state index < -0.39 is 11.7 Å². The molecule has 0 amide bonds. The quantitative estimate of drug-likeness (QED) is 0.660. The molecule has 0 saturated carbocycles. The number of halogens is 3. The molecule has 3 aromatic rings. The van der Waals surface area contributed by atoms with Crippen LogP contribution in [0.5, 0.6) is 0 Å². The van der Waals surface area contributed by atoms with Gasteiger partial charge in [0.1, 0.15) is 5.69 Å². The average Bonchev–Trinajstić information content (AvgIpc) is 3.17. The maximum absolute atomic E-state index is 12.7. The topological polar surface area (TPSA) is 21.7 Å². The van der Waals surface area contributed by atoms with Crippen molar-refractivity contribution in [2.45, 2.75) is 31.5 Å². The predicted molar refractivity (Wildman–Crippen MR) is 86.3 cm³/mol. The minimum absolute atomic E-state index is 0.334. The van der Waals surface area contributed by atoms with Gasteiger partial charge < -0.3 is 0 Å². The first-order valence-corrected chi connectivity index (χ1v) is 8.22. The SMILES string of the molecule is FC(F)(F)c1ccc(-n2c[n+]3c(n2)CC[C@@H]3Cc2ccccc2)cc1. The molecule has 0 aliphatic carbocycles. The third-order valence-corrected chi connectivity index (χ3v) is 4.62. The number of hydrogen-bond donors (Lipinski definition) is 0. The van der Waals surface area contributed by atoms with Gasteiger partial charge in [-0.05, 0) is 36.2 Å². The highest BCUT2D eigenvalue weighted by molar-refractivity contribution is 5.34. The molecule has 1 aliphatic rings. The molecule has 0 bridgehead atoms. The Balaban J connectivity index is 1.57. The van der Waals surface area contributed by atoms with Crippen molar-refractivity contribution in [1.82, 2.24) is 9.78 Å². The Morgan fingerprint density at radius 1 is 1.04 bits per heavy atom. The molecule has 0 radical (unpaired) electrons. The fourth-order valence-electron chi connectivity index (χ4n) is 3.32. The molecule has 2 aromatic carbocycles. The number of aryl methyl sites for hydroxylation is 1. The summed E-state index contributed by atoms with van der Waals surface area (Å²) in [7, 11) is 0. The average molecular weight is 344 g/mol. The van der Waals surface area contributed by atoms with Crippen molar-refractivity contribution in [2.24, 2.45) is 0 Å². The zero-order valence-corrected chi connectivity index (χ0v) is 13.4. The lowest BCUT2D eigenvalue weighted by molar-refractivity contribution is -0.716. The fourth-order valence-corrected chi connectivity index (χ4v) is 3.32. The lowest BCUT2D eigenvalue weighted by atomic mass is 10.0. The summed E-state index contributed by atoms with van der Waals surface area (Å²) in [5.74, 6) is 0.973. The van der Waals surface area contributed by atoms with Gasteiger partial charge in [0, 0.05) is 17.9 Å². The largest absolute Gasteiger partial charge is 0.416 e. The summed E-state index contributed by atoms with van der Waals surface area (Å²) in [6.07, 6.45) is 0.409. The van der Waals surface area contributed by atoms with E-state index in [1.54, 1.807) is 4.68 Å². The summed E-state index contributed by atoms with van der Waals surface area (Å²) in [6.45, 7) is 0. The molecule has 1 atom stereocenters. The van der Waals surface area contributed by atoms with Crippen LogP contribution in [0.15, 0.2) is 60.9 Å². The van der Waals surface area contributed by atoms with Gasteiger partial charge in [-0.1, -0.05) is 35.0 Å². The normalized spacial score (nSPS) is 16.8. The molecule has 0 fully saturated rings. The van der Waals surface area contributed by atoms with E-state index in [4.69, 9.17) is 0 Å². The van der Waals surface area contributed by atoms with E-state index >= 15 is 0 Å². The van der Waals surface area contributed by atoms with E-state index in [2.05, 4.69) is 21.8 Å². The molecule has 4 rings (SSSR count). The number of hydrogen-bond acceptors (Lipinski definition) is 1. The second-order valence-electron chi connectivity index (χ2n) is 6.31. The molecular formula is C19H17F3N3+. The van der Waals surface area contributed by atoms with Crippen LogP contribution in [0.1, 0.15) is 29.4 Å². The Hall–Kier alpha value is -2.63. The van der Waals surface area contributed by atoms with Crippen molar-refractivity contribution >= 4 is 0 Å². The van der Waals surface area contributed by atoms with Gasteiger partial charge in [-0.15, -0.1) is 0 Å². The van der Waals surface area contributed by atoms with Crippen LogP contribution in [0.25, 0.3) is 5.69 Å². The van der Waals surface area contributed by atoms with Gasteiger partial charge in [0.05, 0.1) is 11.6 Å². The summed E-state index contributed by atoms with van der Waals surface area (Å²) in [4.78, 5) is 0. The lowest BCUT2D eigenvalue weighted by Crippen LogP contribution is -2.37. The van der Waals surface area contributed by atoms with E-state index in [-0.39, 0.29) is 0 Å². The van der Waals surface area contributed by atoms with Crippen LogP contribution in [0.3, 0.4) is 0 Å². The van der Waals surface area contributed by atoms with Crippen LogP contribution in [0, 0.1) is 0 Å². The van der Waals surface area contributed by atoms with Crippen LogP contribution >= 0.6 is 0 Å². The second kappa shape index (κ2) is 6.02. The molecule has 0 N–H and O–H groups in total. The van der Waals surface area contributed by atoms with Crippen molar-refractivity contribution in [1.29, 1.82) is 0 Å². The Morgan fingerprint density at radius 3 is 2.44 bits per heavy atom. The van der Waals surface area contributed by atoms with Gasteiger partial charge in [0.2, 0.25) is 6.33 Å². The van der Waals surface area contributed by atoms with Crippen LogP contribution in [-0.4, -0.2) is 9.78 Å². The van der Waals surface area contributed by atoms with Crippen molar-refractivity contribution in [3.05, 3.63) is 77.9 Å². The third kappa shape index (κ3) is 3.16. The molecule has 25 heavy (non-hydrogen) atoms. The maximum atomic E-state index is 12.7. The lowest BCUT2D eigenvalue weighted by Gasteiger charge is -2.08. The first-order chi connectivity index (χ1) is 12.0. The first kappa shape index (κ1) is 15.9. The number of alkyl halides is 3. The molecule has 6 heteroatoms. The zero-order chi connectivity index (χ0) is 17.4. The van der Waals surface area contributed by atoms with Gasteiger partial charge in [-0.3, -0.25) is 0 Å². The first-order valence-electron chi connectivity index (χ1n) is 8.22. The number of fused-ring (bicyclic) bond motifs is 1. The third-order valence-electron chi connectivity index (χ3n) is 4.62. The molecule has 0 saturated heterocycles. The summed E-state index contributed by atoms with van der Waals surface area (Å²) in [6, 6.07) is 15.7. The van der Waals surface area contributed by atoms with Crippen LogP contribution in [0.2, 0.25) is 0 Å². The molecule has 0 spiro atoms. The van der Waals surface area contributed by atoms with Gasteiger partial charge in [-0.2, -0.15) is 13.2 Å². The maximum Gasteiger partial charge on any atom is 0.416 e. The van der Waals surface area contributed by atoms with Crippen LogP contribution in [0.4, 0.5) is 13.2 Å². The second-order valence-corrected chi connectivity index (χ2v) is 6.31. The highest BCUT2D eigenvalue weighted by Crippen LogP contribution is 2.29. The molecule has 2 heterocycles. The fraction of sp³-hybridized carbons (Fsp3) is 0.263. The van der Waals surface area contributed by atoms with E-state index in [0.29, 0.717) is 11.7 Å². The predicted octanol–water partition coefficient (Wildman–Crippen LogP) is 3.91. The Bertz CT molecular complexity index is 867. The highest BCUT2D eigenvalue weighted by Gasteiger charge is 2.33. The van der Waals surface area contributed by atoms with Crippen molar-refractivity contribution < 1.29 is 17.7 Å². The number of benzene rings is 2. The minimum atomic E-state index is -4.32. The van der Waals surface area contributed by atoms with Crippen molar-refractivity contribution in [2.75, 3.05) is 0 Å². The highest BCUT2D eigenvalue weighted by atomic mass is 19.4. The Morgan fingerprint density at radius 2 is 1.76 bits per heavy atom. The van der Waals surface area contributed by atoms with E-state index in [0.717, 1.165) is 37.2 Å².